The van der Waals surface area contributed by atoms with E-state index in [4.69, 9.17) is 14.2 Å². The minimum absolute atomic E-state index is 0.000300. The second-order valence-electron chi connectivity index (χ2n) is 10.3. The molecular formula is C35H44O6. The molecule has 2 N–H and O–H groups in total. The minimum Gasteiger partial charge on any atom is -0.508 e. The first-order valence-electron chi connectivity index (χ1n) is 14.7. The van der Waals surface area contributed by atoms with Crippen LogP contribution in [0.4, 0.5) is 0 Å². The highest BCUT2D eigenvalue weighted by Crippen LogP contribution is 2.33. The predicted octanol–water partition coefficient (Wildman–Crippen LogP) is 8.55. The van der Waals surface area contributed by atoms with Crippen molar-refractivity contribution in [2.45, 2.75) is 83.8 Å². The van der Waals surface area contributed by atoms with Gasteiger partial charge in [0.1, 0.15) is 35.7 Å². The van der Waals surface area contributed by atoms with Crippen molar-refractivity contribution >= 4 is 12.0 Å². The van der Waals surface area contributed by atoms with Gasteiger partial charge in [-0.3, -0.25) is 4.79 Å². The topological polar surface area (TPSA) is 85.2 Å². The van der Waals surface area contributed by atoms with E-state index in [0.29, 0.717) is 35.7 Å². The van der Waals surface area contributed by atoms with Gasteiger partial charge in [-0.1, -0.05) is 101 Å². The van der Waals surface area contributed by atoms with Crippen LogP contribution in [0.2, 0.25) is 0 Å². The van der Waals surface area contributed by atoms with Gasteiger partial charge in [0.15, 0.2) is 0 Å². The van der Waals surface area contributed by atoms with Crippen LogP contribution in [0.3, 0.4) is 0 Å². The van der Waals surface area contributed by atoms with Crippen LogP contribution in [-0.4, -0.2) is 23.3 Å². The molecule has 0 aliphatic rings. The van der Waals surface area contributed by atoms with Crippen molar-refractivity contribution in [2.75, 3.05) is 7.11 Å². The molecule has 1 atom stereocenters. The molecule has 0 heterocycles. The number of unbranched alkanes of at least 4 members (excludes halogenated alkanes) is 8. The van der Waals surface area contributed by atoms with Gasteiger partial charge in [-0.15, -0.1) is 0 Å². The van der Waals surface area contributed by atoms with Gasteiger partial charge in [-0.05, 0) is 36.2 Å². The molecule has 41 heavy (non-hydrogen) atoms. The molecule has 0 aliphatic carbocycles. The van der Waals surface area contributed by atoms with Gasteiger partial charge in [-0.25, -0.2) is 0 Å². The zero-order valence-electron chi connectivity index (χ0n) is 24.4. The van der Waals surface area contributed by atoms with Crippen LogP contribution in [0.25, 0.3) is 6.08 Å². The lowest BCUT2D eigenvalue weighted by Crippen LogP contribution is -2.08. The summed E-state index contributed by atoms with van der Waals surface area (Å²) in [5, 5.41) is 21.0. The fourth-order valence-corrected chi connectivity index (χ4v) is 4.55. The Kier molecular flexibility index (Phi) is 13.8. The normalized spacial score (nSPS) is 11.9. The Hall–Kier alpha value is -3.77. The molecule has 3 aromatic rings. The third kappa shape index (κ3) is 11.3. The number of esters is 1. The number of aliphatic hydroxyl groups is 1. The summed E-state index contributed by atoms with van der Waals surface area (Å²) >= 11 is 0. The molecule has 220 valence electrons. The molecule has 6 heteroatoms. The third-order valence-corrected chi connectivity index (χ3v) is 6.94. The minimum atomic E-state index is -0.994. The summed E-state index contributed by atoms with van der Waals surface area (Å²) in [6.07, 6.45) is 13.1. The number of phenols is 1. The Morgan fingerprint density at radius 2 is 1.56 bits per heavy atom. The van der Waals surface area contributed by atoms with Crippen LogP contribution in [0.15, 0.2) is 72.8 Å². The first kappa shape index (κ1) is 31.8. The van der Waals surface area contributed by atoms with Gasteiger partial charge in [0.2, 0.25) is 0 Å². The summed E-state index contributed by atoms with van der Waals surface area (Å²) < 4.78 is 17.0. The number of benzene rings is 3. The Balaban J connectivity index is 1.59. The lowest BCUT2D eigenvalue weighted by Gasteiger charge is -2.16. The number of aliphatic hydroxyl groups excluding tert-OH is 1. The van der Waals surface area contributed by atoms with Crippen molar-refractivity contribution in [1.29, 1.82) is 0 Å². The van der Waals surface area contributed by atoms with Gasteiger partial charge >= 0.3 is 5.97 Å². The predicted molar refractivity (Wildman–Crippen MR) is 163 cm³/mol. The summed E-state index contributed by atoms with van der Waals surface area (Å²) in [4.78, 5) is 12.5. The summed E-state index contributed by atoms with van der Waals surface area (Å²) in [6, 6.07) is 19.6. The third-order valence-electron chi connectivity index (χ3n) is 6.94. The van der Waals surface area contributed by atoms with Crippen LogP contribution >= 0.6 is 0 Å². The SMILES string of the molecule is CCCCCCCCCCCC(=O)Oc1cc(O)ccc1C=CC(O)c1ccc(OC)cc1OCc1ccccc1. The summed E-state index contributed by atoms with van der Waals surface area (Å²) in [6.45, 7) is 2.56. The van der Waals surface area contributed by atoms with E-state index < -0.39 is 6.10 Å². The van der Waals surface area contributed by atoms with Gasteiger partial charge in [0.25, 0.3) is 0 Å². The van der Waals surface area contributed by atoms with Crippen LogP contribution in [-0.2, 0) is 11.4 Å². The summed E-state index contributed by atoms with van der Waals surface area (Å²) in [5.74, 6) is 1.04. The molecule has 0 fully saturated rings. The van der Waals surface area contributed by atoms with Crippen LogP contribution in [0.1, 0.15) is 93.9 Å². The lowest BCUT2D eigenvalue weighted by molar-refractivity contribution is -0.134. The number of hydrogen-bond acceptors (Lipinski definition) is 6. The van der Waals surface area contributed by atoms with E-state index in [2.05, 4.69) is 6.92 Å². The molecule has 0 aromatic heterocycles. The van der Waals surface area contributed by atoms with Crippen molar-refractivity contribution in [2.24, 2.45) is 0 Å². The molecule has 6 nitrogen and oxygen atoms in total. The number of carbonyl (C=O) groups is 1. The van der Waals surface area contributed by atoms with Gasteiger partial charge in [-0.2, -0.15) is 0 Å². The van der Waals surface area contributed by atoms with E-state index in [1.54, 1.807) is 43.5 Å². The van der Waals surface area contributed by atoms with E-state index in [1.807, 2.05) is 30.3 Å². The number of phenolic OH excluding ortho intramolecular Hbond substituents is 1. The standard InChI is InChI=1S/C35H44O6/c1-3-4-5-6-7-8-9-10-14-17-35(38)41-33-24-29(36)20-18-28(33)19-23-32(37)31-22-21-30(39-2)25-34(31)40-26-27-15-12-11-13-16-27/h11-13,15-16,18-25,32,36-37H,3-10,14,17,26H2,1-2H3. The van der Waals surface area contributed by atoms with Crippen LogP contribution in [0.5, 0.6) is 23.0 Å². The summed E-state index contributed by atoms with van der Waals surface area (Å²) in [7, 11) is 1.58. The Labute approximate surface area is 244 Å². The summed E-state index contributed by atoms with van der Waals surface area (Å²) in [5.41, 5.74) is 2.15. The highest BCUT2D eigenvalue weighted by molar-refractivity contribution is 5.74. The number of ether oxygens (including phenoxy) is 3. The van der Waals surface area contributed by atoms with Gasteiger partial charge in [0, 0.05) is 29.7 Å². The van der Waals surface area contributed by atoms with E-state index in [9.17, 15) is 15.0 Å². The lowest BCUT2D eigenvalue weighted by atomic mass is 10.1. The van der Waals surface area contributed by atoms with E-state index in [-0.39, 0.29) is 17.5 Å². The van der Waals surface area contributed by atoms with Crippen molar-refractivity contribution in [1.82, 2.24) is 0 Å². The van der Waals surface area contributed by atoms with E-state index >= 15 is 0 Å². The van der Waals surface area contributed by atoms with Crippen molar-refractivity contribution in [3.05, 3.63) is 89.5 Å². The van der Waals surface area contributed by atoms with Crippen molar-refractivity contribution < 1.29 is 29.2 Å². The van der Waals surface area contributed by atoms with Crippen LogP contribution in [0, 0.1) is 0 Å². The van der Waals surface area contributed by atoms with Gasteiger partial charge in [0.05, 0.1) is 7.11 Å². The number of carbonyl (C=O) groups excluding carboxylic acids is 1. The maximum absolute atomic E-state index is 12.5. The smallest absolute Gasteiger partial charge is 0.311 e. The molecule has 0 saturated carbocycles. The largest absolute Gasteiger partial charge is 0.508 e. The number of methoxy groups -OCH3 is 1. The molecule has 3 rings (SSSR count). The zero-order chi connectivity index (χ0) is 29.3. The van der Waals surface area contributed by atoms with Gasteiger partial charge < -0.3 is 24.4 Å². The quantitative estimate of drug-likeness (QED) is 0.0921. The number of rotatable bonds is 18. The Morgan fingerprint density at radius 3 is 2.27 bits per heavy atom. The highest BCUT2D eigenvalue weighted by atomic mass is 16.5. The number of aromatic hydroxyl groups is 1. The maximum atomic E-state index is 12.5. The molecule has 1 unspecified atom stereocenters. The molecule has 0 amide bonds. The van der Waals surface area contributed by atoms with Crippen LogP contribution < -0.4 is 14.2 Å². The zero-order valence-corrected chi connectivity index (χ0v) is 24.4. The Bertz CT molecular complexity index is 1220. The second-order valence-corrected chi connectivity index (χ2v) is 10.3. The number of hydrogen-bond donors (Lipinski definition) is 2. The maximum Gasteiger partial charge on any atom is 0.311 e. The first-order valence-corrected chi connectivity index (χ1v) is 14.7. The average molecular weight is 561 g/mol. The van der Waals surface area contributed by atoms with Crippen molar-refractivity contribution in [3.8, 4) is 23.0 Å². The fourth-order valence-electron chi connectivity index (χ4n) is 4.55. The average Bonchev–Trinajstić information content (AvgIpc) is 2.99. The first-order chi connectivity index (χ1) is 20.0. The van der Waals surface area contributed by atoms with E-state index in [0.717, 1.165) is 24.8 Å². The Morgan fingerprint density at radius 1 is 0.854 bits per heavy atom. The molecule has 0 bridgehead atoms. The van der Waals surface area contributed by atoms with E-state index in [1.165, 1.54) is 50.7 Å². The fraction of sp³-hybridized carbons (Fsp3) is 0.400. The van der Waals surface area contributed by atoms with Crippen molar-refractivity contribution in [3.63, 3.8) is 0 Å². The second kappa shape index (κ2) is 17.8. The highest BCUT2D eigenvalue weighted by Gasteiger charge is 2.14. The monoisotopic (exact) mass is 560 g/mol. The molecule has 0 spiro atoms. The molecular weight excluding hydrogens is 516 g/mol. The molecule has 0 radical (unpaired) electrons. The molecule has 3 aromatic carbocycles. The molecule has 0 aliphatic heterocycles. The molecule has 0 saturated heterocycles.